The first-order valence-electron chi connectivity index (χ1n) is 6.86. The van der Waals surface area contributed by atoms with Crippen LogP contribution in [-0.4, -0.2) is 19.3 Å². The van der Waals surface area contributed by atoms with Gasteiger partial charge in [-0.15, -0.1) is 0 Å². The van der Waals surface area contributed by atoms with Crippen LogP contribution in [0.2, 0.25) is 0 Å². The van der Waals surface area contributed by atoms with Gasteiger partial charge in [-0.25, -0.2) is 0 Å². The number of nitrogens with one attached hydrogen (secondary N) is 1. The van der Waals surface area contributed by atoms with Crippen LogP contribution in [0.5, 0.6) is 0 Å². The van der Waals surface area contributed by atoms with Gasteiger partial charge < -0.3 is 14.5 Å². The van der Waals surface area contributed by atoms with Gasteiger partial charge in [0.1, 0.15) is 11.5 Å². The Hall–Kier alpha value is -0.800. The lowest BCUT2D eigenvalue weighted by atomic mass is 10.0. The highest BCUT2D eigenvalue weighted by molar-refractivity contribution is 5.23. The van der Waals surface area contributed by atoms with Crippen LogP contribution in [0.3, 0.4) is 0 Å². The van der Waals surface area contributed by atoms with Gasteiger partial charge in [-0.3, -0.25) is 0 Å². The van der Waals surface area contributed by atoms with Crippen molar-refractivity contribution in [1.82, 2.24) is 5.32 Å². The van der Waals surface area contributed by atoms with E-state index in [-0.39, 0.29) is 6.04 Å². The molecule has 0 amide bonds. The van der Waals surface area contributed by atoms with Gasteiger partial charge in [0.25, 0.3) is 0 Å². The van der Waals surface area contributed by atoms with Crippen LogP contribution in [0.1, 0.15) is 50.8 Å². The summed E-state index contributed by atoms with van der Waals surface area (Å²) in [5, 5.41) is 3.64. The van der Waals surface area contributed by atoms with Crippen molar-refractivity contribution < 1.29 is 9.15 Å². The number of aryl methyl sites for hydroxylation is 2. The van der Waals surface area contributed by atoms with Crippen molar-refractivity contribution in [2.24, 2.45) is 5.92 Å². The maximum Gasteiger partial charge on any atom is 0.105 e. The monoisotopic (exact) mass is 253 g/mol. The normalized spacial score (nSPS) is 15.1. The standard InChI is InChI=1S/C15H27NO2/c1-7-17-9-15(10(2)3)16-12(5)14-8-11(4)18-13(14)6/h8,10,12,15-16H,7,9H2,1-6H3. The van der Waals surface area contributed by atoms with Gasteiger partial charge in [-0.2, -0.15) is 0 Å². The van der Waals surface area contributed by atoms with Crippen LogP contribution < -0.4 is 5.32 Å². The maximum atomic E-state index is 5.59. The lowest BCUT2D eigenvalue weighted by Gasteiger charge is -2.26. The van der Waals surface area contributed by atoms with Gasteiger partial charge in [0.15, 0.2) is 0 Å². The summed E-state index contributed by atoms with van der Waals surface area (Å²) in [6, 6.07) is 2.77. The zero-order valence-electron chi connectivity index (χ0n) is 12.5. The van der Waals surface area contributed by atoms with Crippen molar-refractivity contribution in [2.45, 2.75) is 53.6 Å². The van der Waals surface area contributed by atoms with E-state index < -0.39 is 0 Å². The van der Waals surface area contributed by atoms with E-state index in [9.17, 15) is 0 Å². The first-order chi connectivity index (χ1) is 8.45. The number of rotatable bonds is 7. The van der Waals surface area contributed by atoms with Crippen LogP contribution >= 0.6 is 0 Å². The Bertz CT molecular complexity index is 357. The Labute approximate surface area is 111 Å². The summed E-state index contributed by atoms with van der Waals surface area (Å²) in [5.41, 5.74) is 1.25. The minimum Gasteiger partial charge on any atom is -0.466 e. The lowest BCUT2D eigenvalue weighted by Crippen LogP contribution is -2.39. The molecule has 0 aromatic carbocycles. The van der Waals surface area contributed by atoms with Crippen molar-refractivity contribution in [1.29, 1.82) is 0 Å². The molecule has 0 aliphatic carbocycles. The second kappa shape index (κ2) is 6.95. The summed E-state index contributed by atoms with van der Waals surface area (Å²) in [7, 11) is 0. The summed E-state index contributed by atoms with van der Waals surface area (Å²) in [6.45, 7) is 14.2. The molecule has 0 saturated carbocycles. The minimum absolute atomic E-state index is 0.287. The van der Waals surface area contributed by atoms with Gasteiger partial charge in [-0.05, 0) is 39.7 Å². The summed E-state index contributed by atoms with van der Waals surface area (Å²) in [4.78, 5) is 0. The predicted octanol–water partition coefficient (Wildman–Crippen LogP) is 3.61. The van der Waals surface area contributed by atoms with Crippen LogP contribution in [0.25, 0.3) is 0 Å². The van der Waals surface area contributed by atoms with E-state index in [1.165, 1.54) is 5.56 Å². The molecule has 0 saturated heterocycles. The van der Waals surface area contributed by atoms with Crippen LogP contribution in [-0.2, 0) is 4.74 Å². The number of furan rings is 1. The summed E-state index contributed by atoms with van der Waals surface area (Å²) < 4.78 is 11.1. The van der Waals surface area contributed by atoms with E-state index in [1.807, 2.05) is 20.8 Å². The molecule has 18 heavy (non-hydrogen) atoms. The van der Waals surface area contributed by atoms with E-state index >= 15 is 0 Å². The fraction of sp³-hybridized carbons (Fsp3) is 0.733. The Morgan fingerprint density at radius 2 is 1.94 bits per heavy atom. The average molecular weight is 253 g/mol. The van der Waals surface area contributed by atoms with Crippen molar-refractivity contribution in [3.05, 3.63) is 23.2 Å². The molecule has 1 aromatic rings. The lowest BCUT2D eigenvalue weighted by molar-refractivity contribution is 0.104. The molecule has 104 valence electrons. The molecule has 1 heterocycles. The van der Waals surface area contributed by atoms with E-state index in [0.29, 0.717) is 12.0 Å². The fourth-order valence-electron chi connectivity index (χ4n) is 2.17. The summed E-state index contributed by atoms with van der Waals surface area (Å²) in [6.07, 6.45) is 0. The van der Waals surface area contributed by atoms with Gasteiger partial charge in [-0.1, -0.05) is 13.8 Å². The molecule has 1 aromatic heterocycles. The van der Waals surface area contributed by atoms with Gasteiger partial charge in [0, 0.05) is 24.3 Å². The SMILES string of the molecule is CCOCC(NC(C)c1cc(C)oc1C)C(C)C. The Morgan fingerprint density at radius 3 is 2.39 bits per heavy atom. The molecule has 3 nitrogen and oxygen atoms in total. The Balaban J connectivity index is 2.65. The van der Waals surface area contributed by atoms with Gasteiger partial charge in [0.2, 0.25) is 0 Å². The molecule has 0 spiro atoms. The Morgan fingerprint density at radius 1 is 1.28 bits per heavy atom. The minimum atomic E-state index is 0.287. The molecule has 1 rings (SSSR count). The highest BCUT2D eigenvalue weighted by atomic mass is 16.5. The number of hydrogen-bond acceptors (Lipinski definition) is 3. The quantitative estimate of drug-likeness (QED) is 0.806. The van der Waals surface area contributed by atoms with Gasteiger partial charge in [0.05, 0.1) is 6.61 Å². The molecule has 2 unspecified atom stereocenters. The smallest absolute Gasteiger partial charge is 0.105 e. The van der Waals surface area contributed by atoms with E-state index in [0.717, 1.165) is 24.7 Å². The van der Waals surface area contributed by atoms with Crippen molar-refractivity contribution in [3.63, 3.8) is 0 Å². The second-order valence-corrected chi connectivity index (χ2v) is 5.27. The molecular weight excluding hydrogens is 226 g/mol. The molecule has 0 aliphatic heterocycles. The molecular formula is C15H27NO2. The van der Waals surface area contributed by atoms with Crippen LogP contribution in [0.15, 0.2) is 10.5 Å². The third-order valence-corrected chi connectivity index (χ3v) is 3.32. The van der Waals surface area contributed by atoms with E-state index in [2.05, 4.69) is 32.2 Å². The predicted molar refractivity (Wildman–Crippen MR) is 74.9 cm³/mol. The van der Waals surface area contributed by atoms with Crippen molar-refractivity contribution in [3.8, 4) is 0 Å². The molecule has 0 radical (unpaired) electrons. The topological polar surface area (TPSA) is 34.4 Å². The Kier molecular flexibility index (Phi) is 5.89. The first-order valence-corrected chi connectivity index (χ1v) is 6.86. The molecule has 1 N–H and O–H groups in total. The fourth-order valence-corrected chi connectivity index (χ4v) is 2.17. The molecule has 0 aliphatic rings. The first kappa shape index (κ1) is 15.3. The number of ether oxygens (including phenoxy) is 1. The second-order valence-electron chi connectivity index (χ2n) is 5.27. The van der Waals surface area contributed by atoms with Crippen LogP contribution in [0, 0.1) is 19.8 Å². The van der Waals surface area contributed by atoms with E-state index in [1.54, 1.807) is 0 Å². The third kappa shape index (κ3) is 4.14. The number of hydrogen-bond donors (Lipinski definition) is 1. The largest absolute Gasteiger partial charge is 0.466 e. The highest BCUT2D eigenvalue weighted by Gasteiger charge is 2.19. The van der Waals surface area contributed by atoms with Crippen molar-refractivity contribution in [2.75, 3.05) is 13.2 Å². The molecule has 3 heteroatoms. The molecule has 2 atom stereocenters. The molecule has 0 bridgehead atoms. The highest BCUT2D eigenvalue weighted by Crippen LogP contribution is 2.22. The zero-order valence-corrected chi connectivity index (χ0v) is 12.5. The van der Waals surface area contributed by atoms with Crippen LogP contribution in [0.4, 0.5) is 0 Å². The molecule has 0 fully saturated rings. The maximum absolute atomic E-state index is 5.59. The zero-order chi connectivity index (χ0) is 13.7. The summed E-state index contributed by atoms with van der Waals surface area (Å²) >= 11 is 0. The van der Waals surface area contributed by atoms with Gasteiger partial charge >= 0.3 is 0 Å². The third-order valence-electron chi connectivity index (χ3n) is 3.32. The average Bonchev–Trinajstić information content (AvgIpc) is 2.63. The van der Waals surface area contributed by atoms with Crippen molar-refractivity contribution >= 4 is 0 Å². The van der Waals surface area contributed by atoms with E-state index in [4.69, 9.17) is 9.15 Å². The summed E-state index contributed by atoms with van der Waals surface area (Å²) in [5.74, 6) is 2.53.